The summed E-state index contributed by atoms with van der Waals surface area (Å²) in [5.74, 6) is 0.442. The minimum absolute atomic E-state index is 0.0523. The van der Waals surface area contributed by atoms with E-state index in [1.165, 1.54) is 5.56 Å². The Bertz CT molecular complexity index is 933. The van der Waals surface area contributed by atoms with Gasteiger partial charge in [0.1, 0.15) is 0 Å². The van der Waals surface area contributed by atoms with Crippen LogP contribution in [0.15, 0.2) is 59.6 Å². The number of guanidine groups is 1. The van der Waals surface area contributed by atoms with Gasteiger partial charge in [-0.2, -0.15) is 0 Å². The van der Waals surface area contributed by atoms with Crippen molar-refractivity contribution in [1.82, 2.24) is 10.3 Å². The third-order valence-corrected chi connectivity index (χ3v) is 3.99. The molecule has 0 aliphatic heterocycles. The fourth-order valence-electron chi connectivity index (χ4n) is 2.66. The average molecular weight is 332 g/mol. The molecule has 3 rings (SSSR count). The summed E-state index contributed by atoms with van der Waals surface area (Å²) in [6, 6.07) is 17.9. The summed E-state index contributed by atoms with van der Waals surface area (Å²) >= 11 is 0. The fourth-order valence-corrected chi connectivity index (χ4v) is 2.66. The third kappa shape index (κ3) is 3.66. The molecule has 0 saturated heterocycles. The van der Waals surface area contributed by atoms with Crippen molar-refractivity contribution in [2.45, 2.75) is 19.8 Å². The molecular weight excluding hydrogens is 312 g/mol. The van der Waals surface area contributed by atoms with Crippen LogP contribution in [0.5, 0.6) is 0 Å². The van der Waals surface area contributed by atoms with Gasteiger partial charge in [-0.25, -0.2) is 9.98 Å². The van der Waals surface area contributed by atoms with Gasteiger partial charge in [-0.3, -0.25) is 10.1 Å². The number of amides is 1. The molecule has 1 amide bonds. The van der Waals surface area contributed by atoms with Gasteiger partial charge in [0.25, 0.3) is 0 Å². The Morgan fingerprint density at radius 1 is 1.16 bits per heavy atom. The van der Waals surface area contributed by atoms with E-state index in [2.05, 4.69) is 36.3 Å². The number of aliphatic imine (C=N–C) groups is 1. The lowest BCUT2D eigenvalue weighted by atomic mass is 9.99. The molecule has 0 radical (unpaired) electrons. The predicted molar refractivity (Wildman–Crippen MR) is 102 cm³/mol. The topological polar surface area (TPSA) is 80.4 Å². The van der Waals surface area contributed by atoms with Crippen molar-refractivity contribution in [2.24, 2.45) is 10.7 Å². The van der Waals surface area contributed by atoms with Crippen molar-refractivity contribution in [3.63, 3.8) is 0 Å². The van der Waals surface area contributed by atoms with Gasteiger partial charge >= 0.3 is 0 Å². The summed E-state index contributed by atoms with van der Waals surface area (Å²) < 4.78 is 0. The van der Waals surface area contributed by atoms with Gasteiger partial charge in [0.05, 0.1) is 16.9 Å². The number of hydrogen-bond donors (Lipinski definition) is 2. The molecule has 0 saturated carbocycles. The number of nitrogens with one attached hydrogen (secondary N) is 1. The summed E-state index contributed by atoms with van der Waals surface area (Å²) in [7, 11) is 0. The number of aromatic nitrogens is 1. The van der Waals surface area contributed by atoms with E-state index in [1.54, 1.807) is 0 Å². The van der Waals surface area contributed by atoms with Gasteiger partial charge < -0.3 is 5.73 Å². The van der Waals surface area contributed by atoms with Gasteiger partial charge in [0, 0.05) is 10.9 Å². The Morgan fingerprint density at radius 3 is 2.60 bits per heavy atom. The Morgan fingerprint density at radius 2 is 1.92 bits per heavy atom. The number of rotatable bonds is 4. The fraction of sp³-hybridized carbons (Fsp3) is 0.150. The highest BCUT2D eigenvalue weighted by Crippen LogP contribution is 2.32. The zero-order valence-electron chi connectivity index (χ0n) is 14.2. The van der Waals surface area contributed by atoms with Gasteiger partial charge in [-0.1, -0.05) is 50.2 Å². The highest BCUT2D eigenvalue weighted by Gasteiger charge is 2.10. The van der Waals surface area contributed by atoms with Gasteiger partial charge in [-0.15, -0.1) is 0 Å². The SMILES string of the molecule is CC(C)c1ccc2nc(-c3ccccc3)cc(N=C(N)NC=O)c2c1. The molecule has 3 aromatic rings. The molecule has 25 heavy (non-hydrogen) atoms. The molecular formula is C20H20N4O. The van der Waals surface area contributed by atoms with E-state index < -0.39 is 0 Å². The lowest BCUT2D eigenvalue weighted by molar-refractivity contribution is -0.108. The van der Waals surface area contributed by atoms with Crippen molar-refractivity contribution in [3.8, 4) is 11.3 Å². The monoisotopic (exact) mass is 332 g/mol. The summed E-state index contributed by atoms with van der Waals surface area (Å²) in [6.07, 6.45) is 0.514. The highest BCUT2D eigenvalue weighted by molar-refractivity contribution is 5.97. The van der Waals surface area contributed by atoms with E-state index in [1.807, 2.05) is 42.5 Å². The molecule has 3 N–H and O–H groups in total. The van der Waals surface area contributed by atoms with E-state index in [0.717, 1.165) is 22.2 Å². The lowest BCUT2D eigenvalue weighted by Gasteiger charge is -2.11. The van der Waals surface area contributed by atoms with E-state index in [9.17, 15) is 4.79 Å². The maximum atomic E-state index is 10.6. The highest BCUT2D eigenvalue weighted by atomic mass is 16.1. The van der Waals surface area contributed by atoms with Crippen molar-refractivity contribution in [2.75, 3.05) is 0 Å². The van der Waals surface area contributed by atoms with E-state index in [0.29, 0.717) is 18.0 Å². The first-order valence-electron chi connectivity index (χ1n) is 8.13. The van der Waals surface area contributed by atoms with Crippen LogP contribution >= 0.6 is 0 Å². The number of carbonyl (C=O) groups is 1. The molecule has 0 fully saturated rings. The maximum Gasteiger partial charge on any atom is 0.213 e. The second kappa shape index (κ2) is 7.13. The molecule has 0 aliphatic carbocycles. The molecule has 5 heteroatoms. The standard InChI is InChI=1S/C20H20N4O/c1-13(2)15-8-9-17-16(10-15)19(24-20(21)22-12-25)11-18(23-17)14-6-4-3-5-7-14/h3-13H,1-2H3,(H3,21,22,23,24,25). The minimum Gasteiger partial charge on any atom is -0.369 e. The van der Waals surface area contributed by atoms with Crippen LogP contribution in [0.4, 0.5) is 5.69 Å². The van der Waals surface area contributed by atoms with Gasteiger partial charge in [-0.05, 0) is 29.7 Å². The number of carbonyl (C=O) groups excluding carboxylic acids is 1. The maximum absolute atomic E-state index is 10.6. The normalized spacial score (nSPS) is 11.7. The quantitative estimate of drug-likeness (QED) is 0.434. The molecule has 1 heterocycles. The van der Waals surface area contributed by atoms with Crippen LogP contribution in [0, 0.1) is 0 Å². The molecule has 126 valence electrons. The molecule has 1 aromatic heterocycles. The summed E-state index contributed by atoms with van der Waals surface area (Å²) in [5, 5.41) is 3.29. The van der Waals surface area contributed by atoms with Crippen molar-refractivity contribution in [1.29, 1.82) is 0 Å². The zero-order chi connectivity index (χ0) is 17.8. The summed E-state index contributed by atoms with van der Waals surface area (Å²) in [6.45, 7) is 4.27. The van der Waals surface area contributed by atoms with E-state index >= 15 is 0 Å². The van der Waals surface area contributed by atoms with Crippen LogP contribution < -0.4 is 11.1 Å². The second-order valence-corrected chi connectivity index (χ2v) is 6.08. The number of pyridine rings is 1. The molecule has 0 unspecified atom stereocenters. The zero-order valence-corrected chi connectivity index (χ0v) is 14.2. The minimum atomic E-state index is 0.0523. The number of nitrogens with zero attached hydrogens (tertiary/aromatic N) is 2. The van der Waals surface area contributed by atoms with Crippen LogP contribution in [-0.2, 0) is 4.79 Å². The Kier molecular flexibility index (Phi) is 4.75. The second-order valence-electron chi connectivity index (χ2n) is 6.08. The van der Waals surface area contributed by atoms with Crippen LogP contribution in [0.25, 0.3) is 22.2 Å². The van der Waals surface area contributed by atoms with Crippen LogP contribution in [0.2, 0.25) is 0 Å². The molecule has 0 atom stereocenters. The number of nitrogens with two attached hydrogens (primary N) is 1. The molecule has 0 bridgehead atoms. The van der Waals surface area contributed by atoms with Crippen molar-refractivity contribution in [3.05, 3.63) is 60.2 Å². The summed E-state index contributed by atoms with van der Waals surface area (Å²) in [4.78, 5) is 19.8. The average Bonchev–Trinajstić information content (AvgIpc) is 2.62. The molecule has 0 aliphatic rings. The Balaban J connectivity index is 2.24. The van der Waals surface area contributed by atoms with Crippen LogP contribution in [-0.4, -0.2) is 17.4 Å². The van der Waals surface area contributed by atoms with Gasteiger partial charge in [0.15, 0.2) is 5.96 Å². The first-order chi connectivity index (χ1) is 12.1. The lowest BCUT2D eigenvalue weighted by Crippen LogP contribution is -2.29. The van der Waals surface area contributed by atoms with Crippen LogP contribution in [0.1, 0.15) is 25.3 Å². The molecule has 5 nitrogen and oxygen atoms in total. The van der Waals surface area contributed by atoms with Crippen molar-refractivity contribution < 1.29 is 4.79 Å². The number of hydrogen-bond acceptors (Lipinski definition) is 3. The Labute approximate surface area is 146 Å². The van der Waals surface area contributed by atoms with E-state index in [-0.39, 0.29) is 5.96 Å². The van der Waals surface area contributed by atoms with Gasteiger partial charge in [0.2, 0.25) is 6.41 Å². The molecule has 2 aromatic carbocycles. The number of benzene rings is 2. The Hall–Kier alpha value is -3.21. The first-order valence-corrected chi connectivity index (χ1v) is 8.13. The third-order valence-electron chi connectivity index (χ3n) is 3.99. The van der Waals surface area contributed by atoms with Crippen molar-refractivity contribution >= 4 is 29.0 Å². The van der Waals surface area contributed by atoms with E-state index in [4.69, 9.17) is 10.7 Å². The molecule has 0 spiro atoms. The van der Waals surface area contributed by atoms with Crippen LogP contribution in [0.3, 0.4) is 0 Å². The smallest absolute Gasteiger partial charge is 0.213 e. The number of fused-ring (bicyclic) bond motifs is 1. The summed E-state index contributed by atoms with van der Waals surface area (Å²) in [5.41, 5.74) is 10.3. The predicted octanol–water partition coefficient (Wildman–Crippen LogP) is 3.72. The largest absolute Gasteiger partial charge is 0.369 e. The first kappa shape index (κ1) is 16.6.